The molecule has 0 aliphatic rings. The second kappa shape index (κ2) is 5.98. The van der Waals surface area contributed by atoms with E-state index in [-0.39, 0.29) is 29.4 Å². The van der Waals surface area contributed by atoms with Crippen LogP contribution in [0, 0.1) is 11.2 Å². The van der Waals surface area contributed by atoms with E-state index in [4.69, 9.17) is 5.73 Å². The monoisotopic (exact) mass is 260 g/mol. The van der Waals surface area contributed by atoms with Crippen molar-refractivity contribution in [3.8, 4) is 0 Å². The van der Waals surface area contributed by atoms with E-state index in [0.717, 1.165) is 0 Å². The van der Waals surface area contributed by atoms with E-state index >= 15 is 0 Å². The van der Waals surface area contributed by atoms with E-state index in [1.54, 1.807) is 12.1 Å². The Balaban J connectivity index is 0.00000256. The summed E-state index contributed by atoms with van der Waals surface area (Å²) < 4.78 is 13.3. The first kappa shape index (κ1) is 15.9. The Labute approximate surface area is 107 Å². The lowest BCUT2D eigenvalue weighted by atomic mass is 9.87. The number of nitrogens with two attached hydrogens (primary N) is 1. The number of nitrogens with one attached hydrogen (secondary N) is 1. The molecular formula is C12H18ClFN2O. The molecule has 3 N–H and O–H groups in total. The predicted octanol–water partition coefficient (Wildman–Crippen LogP) is 2.56. The van der Waals surface area contributed by atoms with Gasteiger partial charge in [-0.1, -0.05) is 32.9 Å². The molecule has 1 rings (SSSR count). The summed E-state index contributed by atoms with van der Waals surface area (Å²) in [6.45, 7) is 5.58. The summed E-state index contributed by atoms with van der Waals surface area (Å²) in [5, 5.41) is 2.48. The first-order valence-corrected chi connectivity index (χ1v) is 5.13. The van der Waals surface area contributed by atoms with Crippen LogP contribution in [0.4, 0.5) is 10.1 Å². The van der Waals surface area contributed by atoms with Crippen LogP contribution in [0.1, 0.15) is 20.8 Å². The molecule has 0 saturated heterocycles. The molecule has 5 heteroatoms. The van der Waals surface area contributed by atoms with E-state index in [0.29, 0.717) is 0 Å². The summed E-state index contributed by atoms with van der Waals surface area (Å²) in [6, 6.07) is 5.34. The number of carbonyl (C=O) groups excluding carboxylic acids is 1. The number of hydrogen-bond donors (Lipinski definition) is 2. The summed E-state index contributed by atoms with van der Waals surface area (Å²) in [5.41, 5.74) is 5.57. The number of amides is 1. The molecule has 0 spiro atoms. The molecule has 1 amide bonds. The lowest BCUT2D eigenvalue weighted by Crippen LogP contribution is -2.45. The minimum atomic E-state index is -0.674. The van der Waals surface area contributed by atoms with E-state index in [9.17, 15) is 9.18 Å². The third kappa shape index (κ3) is 4.32. The smallest absolute Gasteiger partial charge is 0.241 e. The van der Waals surface area contributed by atoms with Crippen LogP contribution in [0.3, 0.4) is 0 Å². The highest BCUT2D eigenvalue weighted by Gasteiger charge is 2.27. The number of rotatable bonds is 2. The van der Waals surface area contributed by atoms with Gasteiger partial charge in [-0.05, 0) is 17.5 Å². The third-order valence-corrected chi connectivity index (χ3v) is 2.35. The van der Waals surface area contributed by atoms with Crippen LogP contribution in [-0.2, 0) is 4.79 Å². The fourth-order valence-corrected chi connectivity index (χ4v) is 1.17. The van der Waals surface area contributed by atoms with Crippen LogP contribution < -0.4 is 11.1 Å². The SMILES string of the molecule is CC(C)(C)[C@H](N)C(=O)Nc1ccccc1F.Cl. The van der Waals surface area contributed by atoms with Gasteiger partial charge in [-0.2, -0.15) is 0 Å². The van der Waals surface area contributed by atoms with Crippen molar-refractivity contribution < 1.29 is 9.18 Å². The van der Waals surface area contributed by atoms with Crippen molar-refractivity contribution in [1.29, 1.82) is 0 Å². The average Bonchev–Trinajstić information content (AvgIpc) is 2.19. The Morgan fingerprint density at radius 1 is 1.35 bits per heavy atom. The van der Waals surface area contributed by atoms with Crippen molar-refractivity contribution in [2.24, 2.45) is 11.1 Å². The Morgan fingerprint density at radius 2 is 1.88 bits per heavy atom. The minimum absolute atomic E-state index is 0. The molecule has 1 aromatic rings. The normalized spacial score (nSPS) is 12.5. The van der Waals surface area contributed by atoms with Gasteiger partial charge in [0.1, 0.15) is 5.82 Å². The molecular weight excluding hydrogens is 243 g/mol. The van der Waals surface area contributed by atoms with Crippen LogP contribution >= 0.6 is 12.4 Å². The highest BCUT2D eigenvalue weighted by atomic mass is 35.5. The molecule has 0 aliphatic heterocycles. The van der Waals surface area contributed by atoms with Crippen LogP contribution in [0.25, 0.3) is 0 Å². The number of hydrogen-bond acceptors (Lipinski definition) is 2. The molecule has 0 heterocycles. The van der Waals surface area contributed by atoms with E-state index in [1.807, 2.05) is 20.8 Å². The molecule has 0 aromatic heterocycles. The molecule has 96 valence electrons. The topological polar surface area (TPSA) is 55.1 Å². The van der Waals surface area contributed by atoms with Crippen LogP contribution in [0.2, 0.25) is 0 Å². The van der Waals surface area contributed by atoms with Gasteiger partial charge in [0, 0.05) is 0 Å². The largest absolute Gasteiger partial charge is 0.322 e. The summed E-state index contributed by atoms with van der Waals surface area (Å²) in [7, 11) is 0. The minimum Gasteiger partial charge on any atom is -0.322 e. The quantitative estimate of drug-likeness (QED) is 0.859. The van der Waals surface area contributed by atoms with Crippen molar-refractivity contribution >= 4 is 24.0 Å². The number of anilines is 1. The van der Waals surface area contributed by atoms with Crippen molar-refractivity contribution in [1.82, 2.24) is 0 Å². The fourth-order valence-electron chi connectivity index (χ4n) is 1.17. The van der Waals surface area contributed by atoms with Crippen LogP contribution in [-0.4, -0.2) is 11.9 Å². The summed E-state index contributed by atoms with van der Waals surface area (Å²) in [4.78, 5) is 11.7. The van der Waals surface area contributed by atoms with Crippen LogP contribution in [0.15, 0.2) is 24.3 Å². The zero-order chi connectivity index (χ0) is 12.3. The van der Waals surface area contributed by atoms with Gasteiger partial charge < -0.3 is 11.1 Å². The van der Waals surface area contributed by atoms with Gasteiger partial charge in [-0.15, -0.1) is 12.4 Å². The van der Waals surface area contributed by atoms with E-state index in [1.165, 1.54) is 12.1 Å². The van der Waals surface area contributed by atoms with Gasteiger partial charge in [0.15, 0.2) is 0 Å². The summed E-state index contributed by atoms with van der Waals surface area (Å²) in [5.74, 6) is -0.838. The number of para-hydroxylation sites is 1. The van der Waals surface area contributed by atoms with E-state index < -0.39 is 11.9 Å². The lowest BCUT2D eigenvalue weighted by Gasteiger charge is -2.25. The van der Waals surface area contributed by atoms with Crippen molar-refractivity contribution in [3.63, 3.8) is 0 Å². The molecule has 0 aliphatic carbocycles. The summed E-state index contributed by atoms with van der Waals surface area (Å²) in [6.07, 6.45) is 0. The van der Waals surface area contributed by atoms with Crippen LogP contribution in [0.5, 0.6) is 0 Å². The average molecular weight is 261 g/mol. The van der Waals surface area contributed by atoms with Crippen molar-refractivity contribution in [2.75, 3.05) is 5.32 Å². The zero-order valence-electron chi connectivity index (χ0n) is 10.2. The van der Waals surface area contributed by atoms with Gasteiger partial charge >= 0.3 is 0 Å². The Kier molecular flexibility index (Phi) is 5.58. The molecule has 0 unspecified atom stereocenters. The first-order valence-electron chi connectivity index (χ1n) is 5.13. The van der Waals surface area contributed by atoms with Gasteiger partial charge in [-0.25, -0.2) is 4.39 Å². The standard InChI is InChI=1S/C12H17FN2O.ClH/c1-12(2,3)10(14)11(16)15-9-7-5-4-6-8(9)13;/h4-7,10H,14H2,1-3H3,(H,15,16);1H/t10-;/m1./s1. The van der Waals surface area contributed by atoms with Gasteiger partial charge in [0.25, 0.3) is 0 Å². The second-order valence-corrected chi connectivity index (χ2v) is 4.81. The number of halogens is 2. The highest BCUT2D eigenvalue weighted by Crippen LogP contribution is 2.19. The van der Waals surface area contributed by atoms with Crippen molar-refractivity contribution in [3.05, 3.63) is 30.1 Å². The Bertz CT molecular complexity index is 390. The maximum absolute atomic E-state index is 13.3. The molecule has 0 radical (unpaired) electrons. The van der Waals surface area contributed by atoms with Crippen molar-refractivity contribution in [2.45, 2.75) is 26.8 Å². The lowest BCUT2D eigenvalue weighted by molar-refractivity contribution is -0.119. The number of benzene rings is 1. The fraction of sp³-hybridized carbons (Fsp3) is 0.417. The van der Waals surface area contributed by atoms with Gasteiger partial charge in [0.05, 0.1) is 11.7 Å². The molecule has 17 heavy (non-hydrogen) atoms. The second-order valence-electron chi connectivity index (χ2n) is 4.81. The Morgan fingerprint density at radius 3 is 2.35 bits per heavy atom. The molecule has 0 bridgehead atoms. The maximum atomic E-state index is 13.3. The highest BCUT2D eigenvalue weighted by molar-refractivity contribution is 5.95. The molecule has 0 fully saturated rings. The maximum Gasteiger partial charge on any atom is 0.241 e. The van der Waals surface area contributed by atoms with Gasteiger partial charge in [-0.3, -0.25) is 4.79 Å². The number of carbonyl (C=O) groups is 1. The molecule has 1 atom stereocenters. The summed E-state index contributed by atoms with van der Waals surface area (Å²) >= 11 is 0. The third-order valence-electron chi connectivity index (χ3n) is 2.35. The predicted molar refractivity (Wildman–Crippen MR) is 69.7 cm³/mol. The first-order chi connectivity index (χ1) is 7.32. The molecule has 0 saturated carbocycles. The van der Waals surface area contributed by atoms with E-state index in [2.05, 4.69) is 5.32 Å². The molecule has 1 aromatic carbocycles. The Hall–Kier alpha value is -1.13. The zero-order valence-corrected chi connectivity index (χ0v) is 11.0. The molecule has 3 nitrogen and oxygen atoms in total. The van der Waals surface area contributed by atoms with Gasteiger partial charge in [0.2, 0.25) is 5.91 Å².